The summed E-state index contributed by atoms with van der Waals surface area (Å²) in [6, 6.07) is 18.7. The van der Waals surface area contributed by atoms with Gasteiger partial charge in [0, 0.05) is 16.3 Å². The molecule has 1 fully saturated rings. The molecular weight excluding hydrogens is 634 g/mol. The number of carbonyl (C=O) groups excluding carboxylic acids is 2. The lowest BCUT2D eigenvalue weighted by molar-refractivity contribution is -0.132. The van der Waals surface area contributed by atoms with Gasteiger partial charge in [0.2, 0.25) is 5.13 Å². The van der Waals surface area contributed by atoms with E-state index in [1.807, 2.05) is 30.3 Å². The molecule has 2 aliphatic heterocycles. The van der Waals surface area contributed by atoms with Crippen molar-refractivity contribution in [3.8, 4) is 17.2 Å². The van der Waals surface area contributed by atoms with E-state index in [4.69, 9.17) is 25.8 Å². The van der Waals surface area contributed by atoms with Crippen LogP contribution < -0.4 is 19.1 Å². The topological polar surface area (TPSA) is 111 Å². The number of amides is 1. The summed E-state index contributed by atoms with van der Waals surface area (Å²) in [5, 5.41) is 21.1. The van der Waals surface area contributed by atoms with Crippen LogP contribution in [0.5, 0.6) is 17.2 Å². The number of halogens is 1. The van der Waals surface area contributed by atoms with E-state index in [1.54, 1.807) is 36.4 Å². The second-order valence-corrected chi connectivity index (χ2v) is 13.4. The Hall–Kier alpha value is -4.06. The van der Waals surface area contributed by atoms with Gasteiger partial charge >= 0.3 is 5.91 Å². The summed E-state index contributed by atoms with van der Waals surface area (Å²) in [5.74, 6) is 0.610. The third-order valence-electron chi connectivity index (χ3n) is 7.31. The predicted octanol–water partition coefficient (Wildman–Crippen LogP) is 7.31. The zero-order valence-electron chi connectivity index (χ0n) is 24.6. The zero-order valence-corrected chi connectivity index (χ0v) is 27.0. The molecule has 1 N–H and O–H groups in total. The number of fused-ring (bicyclic) bond motifs is 1. The molecule has 4 aromatic rings. The fraction of sp³-hybridized carbons (Fsp3) is 0.273. The van der Waals surface area contributed by atoms with E-state index in [1.165, 1.54) is 28.0 Å². The van der Waals surface area contributed by atoms with Gasteiger partial charge in [-0.25, -0.2) is 0 Å². The highest BCUT2D eigenvalue weighted by atomic mass is 35.5. The Kier molecular flexibility index (Phi) is 9.29. The standard InChI is InChI=1S/C33H30ClN3O6S2/c1-19(2)12-13-41-23-8-5-7-20(16-23)28-27(29(38)21-10-11-25-26(17-21)43-15-14-42-25)30(39)31(40)37(28)32-35-36-33(45-32)44-18-22-6-3-4-9-24(22)34/h3-11,16-17,19,28,38H,12-15,18H2,1-2H3/t28-/m0/s1. The molecular formula is C33H30ClN3O6S2. The van der Waals surface area contributed by atoms with Crippen molar-refractivity contribution in [1.82, 2.24) is 10.2 Å². The van der Waals surface area contributed by atoms with Crippen molar-refractivity contribution in [2.75, 3.05) is 24.7 Å². The zero-order chi connectivity index (χ0) is 31.5. The minimum atomic E-state index is -0.985. The molecule has 9 nitrogen and oxygen atoms in total. The van der Waals surface area contributed by atoms with Gasteiger partial charge in [0.25, 0.3) is 5.78 Å². The molecule has 2 aliphatic rings. The normalized spacial score (nSPS) is 17.2. The van der Waals surface area contributed by atoms with Crippen molar-refractivity contribution < 1.29 is 28.9 Å². The molecule has 0 bridgehead atoms. The second kappa shape index (κ2) is 13.5. The second-order valence-electron chi connectivity index (χ2n) is 10.9. The van der Waals surface area contributed by atoms with Gasteiger partial charge in [-0.2, -0.15) is 0 Å². The number of benzene rings is 3. The van der Waals surface area contributed by atoms with Crippen molar-refractivity contribution in [3.63, 3.8) is 0 Å². The number of Topliss-reactive ketones (excluding diaryl/α,β-unsaturated/α-hetero) is 1. The summed E-state index contributed by atoms with van der Waals surface area (Å²) in [4.78, 5) is 28.7. The average Bonchev–Trinajstić information content (AvgIpc) is 3.61. The first-order valence-electron chi connectivity index (χ1n) is 14.4. The molecule has 232 valence electrons. The first-order chi connectivity index (χ1) is 21.8. The van der Waals surface area contributed by atoms with Gasteiger partial charge in [-0.15, -0.1) is 10.2 Å². The molecule has 0 unspecified atom stereocenters. The molecule has 0 saturated carbocycles. The van der Waals surface area contributed by atoms with Crippen LogP contribution in [0.4, 0.5) is 5.13 Å². The third-order valence-corrected chi connectivity index (χ3v) is 9.78. The van der Waals surface area contributed by atoms with E-state index < -0.39 is 17.7 Å². The fourth-order valence-corrected chi connectivity index (χ4v) is 7.14. The molecule has 45 heavy (non-hydrogen) atoms. The average molecular weight is 664 g/mol. The smallest absolute Gasteiger partial charge is 0.301 e. The monoisotopic (exact) mass is 663 g/mol. The van der Waals surface area contributed by atoms with Gasteiger partial charge in [0.15, 0.2) is 15.8 Å². The largest absolute Gasteiger partial charge is 0.507 e. The van der Waals surface area contributed by atoms with Crippen LogP contribution in [0.15, 0.2) is 76.6 Å². The lowest BCUT2D eigenvalue weighted by atomic mass is 9.95. The molecule has 1 amide bonds. The fourth-order valence-electron chi connectivity index (χ4n) is 4.99. The Labute approximate surface area is 273 Å². The molecule has 3 aromatic carbocycles. The van der Waals surface area contributed by atoms with E-state index >= 15 is 0 Å². The Morgan fingerprint density at radius 3 is 2.67 bits per heavy atom. The van der Waals surface area contributed by atoms with Crippen LogP contribution in [-0.4, -0.2) is 46.8 Å². The number of nitrogens with zero attached hydrogens (tertiary/aromatic N) is 3. The first kappa shape index (κ1) is 30.9. The summed E-state index contributed by atoms with van der Waals surface area (Å²) in [5.41, 5.74) is 1.77. The van der Waals surface area contributed by atoms with Gasteiger partial charge in [0.1, 0.15) is 24.7 Å². The number of ether oxygens (including phenoxy) is 3. The third kappa shape index (κ3) is 6.66. The Bertz CT molecular complexity index is 1770. The van der Waals surface area contributed by atoms with Crippen LogP contribution in [0.25, 0.3) is 5.76 Å². The van der Waals surface area contributed by atoms with Crippen LogP contribution in [0.3, 0.4) is 0 Å². The summed E-state index contributed by atoms with van der Waals surface area (Å²) < 4.78 is 17.9. The molecule has 0 aliphatic carbocycles. The first-order valence-corrected chi connectivity index (χ1v) is 16.6. The van der Waals surface area contributed by atoms with Crippen LogP contribution in [-0.2, 0) is 15.3 Å². The minimum Gasteiger partial charge on any atom is -0.507 e. The number of hydrogen-bond acceptors (Lipinski definition) is 10. The highest BCUT2D eigenvalue weighted by Gasteiger charge is 2.48. The van der Waals surface area contributed by atoms with E-state index in [9.17, 15) is 14.7 Å². The molecule has 1 aromatic heterocycles. The summed E-state index contributed by atoms with van der Waals surface area (Å²) in [6.07, 6.45) is 0.867. The molecule has 1 atom stereocenters. The van der Waals surface area contributed by atoms with Crippen molar-refractivity contribution in [2.24, 2.45) is 5.92 Å². The lowest BCUT2D eigenvalue weighted by Crippen LogP contribution is -2.29. The van der Waals surface area contributed by atoms with Gasteiger partial charge < -0.3 is 19.3 Å². The number of ketones is 1. The highest BCUT2D eigenvalue weighted by Crippen LogP contribution is 2.45. The van der Waals surface area contributed by atoms with Crippen LogP contribution >= 0.6 is 34.7 Å². The number of rotatable bonds is 10. The van der Waals surface area contributed by atoms with Crippen LogP contribution in [0.2, 0.25) is 5.02 Å². The molecule has 3 heterocycles. The summed E-state index contributed by atoms with van der Waals surface area (Å²) >= 11 is 8.94. The summed E-state index contributed by atoms with van der Waals surface area (Å²) in [6.45, 7) is 5.53. The Morgan fingerprint density at radius 1 is 1.07 bits per heavy atom. The molecule has 1 saturated heterocycles. The Morgan fingerprint density at radius 2 is 1.87 bits per heavy atom. The maximum absolute atomic E-state index is 13.7. The Balaban J connectivity index is 1.38. The number of aromatic nitrogens is 2. The maximum atomic E-state index is 13.7. The number of aliphatic hydroxyl groups excluding tert-OH is 1. The number of aliphatic hydroxyl groups is 1. The van der Waals surface area contributed by atoms with Gasteiger partial charge in [-0.05, 0) is 59.9 Å². The number of anilines is 1. The van der Waals surface area contributed by atoms with E-state index in [0.29, 0.717) is 69.2 Å². The van der Waals surface area contributed by atoms with E-state index in [0.717, 1.165) is 12.0 Å². The molecule has 6 rings (SSSR count). The van der Waals surface area contributed by atoms with Crippen molar-refractivity contribution in [2.45, 2.75) is 36.4 Å². The van der Waals surface area contributed by atoms with Crippen LogP contribution in [0, 0.1) is 5.92 Å². The van der Waals surface area contributed by atoms with Gasteiger partial charge in [0.05, 0.1) is 18.2 Å². The number of carbonyl (C=O) groups is 2. The number of thioether (sulfide) groups is 1. The van der Waals surface area contributed by atoms with Crippen LogP contribution in [0.1, 0.15) is 43.0 Å². The SMILES string of the molecule is CC(C)CCOc1cccc([C@H]2C(=C(O)c3ccc4c(c3)OCCO4)C(=O)C(=O)N2c2nnc(SCc3ccccc3Cl)s2)c1. The van der Waals surface area contributed by atoms with E-state index in [2.05, 4.69) is 24.0 Å². The summed E-state index contributed by atoms with van der Waals surface area (Å²) in [7, 11) is 0. The number of hydrogen-bond donors (Lipinski definition) is 1. The molecule has 12 heteroatoms. The van der Waals surface area contributed by atoms with Crippen molar-refractivity contribution in [3.05, 3.63) is 94.0 Å². The molecule has 0 spiro atoms. The van der Waals surface area contributed by atoms with E-state index in [-0.39, 0.29) is 16.5 Å². The quantitative estimate of drug-likeness (QED) is 0.0614. The minimum absolute atomic E-state index is 0.0727. The highest BCUT2D eigenvalue weighted by molar-refractivity contribution is 8.00. The van der Waals surface area contributed by atoms with Crippen molar-refractivity contribution >= 4 is 57.3 Å². The maximum Gasteiger partial charge on any atom is 0.301 e. The lowest BCUT2D eigenvalue weighted by Gasteiger charge is -2.23. The predicted molar refractivity (Wildman–Crippen MR) is 175 cm³/mol. The van der Waals surface area contributed by atoms with Gasteiger partial charge in [-0.3, -0.25) is 14.5 Å². The molecule has 0 radical (unpaired) electrons. The van der Waals surface area contributed by atoms with Crippen molar-refractivity contribution in [1.29, 1.82) is 0 Å². The van der Waals surface area contributed by atoms with Gasteiger partial charge in [-0.1, -0.05) is 78.9 Å².